The molecule has 4 N–H and O–H groups in total. The third-order valence-electron chi connectivity index (χ3n) is 10.8. The van der Waals surface area contributed by atoms with Gasteiger partial charge in [0.1, 0.15) is 0 Å². The largest absolute Gasteiger partial charge is 0.396 e. The summed E-state index contributed by atoms with van der Waals surface area (Å²) in [6.07, 6.45) is 47.6. The molecule has 0 unspecified atom stereocenters. The molecule has 0 aromatic heterocycles. The summed E-state index contributed by atoms with van der Waals surface area (Å²) in [5, 5.41) is 34.4. The van der Waals surface area contributed by atoms with Gasteiger partial charge in [-0.25, -0.2) is 0 Å². The topological polar surface area (TPSA) is 80.9 Å². The fourth-order valence-corrected chi connectivity index (χ4v) is 6.90. The normalized spacial score (nSPS) is 10.9. The number of unbranched alkanes of at least 4 members (excludes halogenated alkanes) is 28. The molecule has 5 heteroatoms. The first-order valence-electron chi connectivity index (χ1n) is 25.5. The molecule has 0 amide bonds. The van der Waals surface area contributed by atoms with Gasteiger partial charge in [0.2, 0.25) is 0 Å². The SMILES string of the molecule is CC(C)CCCCCCCCCCO.CC(C)CCCCCCCCCCO.CC(C)CCCCCCCCCCO.CC(C)CCCCCCCCCCO.[Ti]. The smallest absolute Gasteiger partial charge is 0.0431 e. The van der Waals surface area contributed by atoms with Crippen LogP contribution in [0.4, 0.5) is 0 Å². The molecule has 0 bridgehead atoms. The van der Waals surface area contributed by atoms with Crippen molar-refractivity contribution in [1.29, 1.82) is 0 Å². The molecule has 0 heterocycles. The van der Waals surface area contributed by atoms with Crippen LogP contribution in [0.2, 0.25) is 0 Å². The summed E-state index contributed by atoms with van der Waals surface area (Å²) >= 11 is 0. The zero-order valence-electron chi connectivity index (χ0n) is 40.9. The van der Waals surface area contributed by atoms with Gasteiger partial charge in [0.05, 0.1) is 0 Å². The van der Waals surface area contributed by atoms with Crippen LogP contribution in [-0.2, 0) is 21.7 Å². The molecule has 0 aliphatic heterocycles. The Morgan fingerprint density at radius 3 is 0.404 bits per heavy atom. The predicted octanol–water partition coefficient (Wildman–Crippen LogP) is 16.6. The minimum absolute atomic E-state index is 0. The van der Waals surface area contributed by atoms with Crippen LogP contribution in [0.25, 0.3) is 0 Å². The maximum atomic E-state index is 8.59. The van der Waals surface area contributed by atoms with E-state index in [1.54, 1.807) is 0 Å². The van der Waals surface area contributed by atoms with Crippen molar-refractivity contribution in [3.8, 4) is 0 Å². The van der Waals surface area contributed by atoms with Crippen LogP contribution in [0.5, 0.6) is 0 Å². The van der Waals surface area contributed by atoms with E-state index < -0.39 is 0 Å². The first-order valence-corrected chi connectivity index (χ1v) is 25.5. The Bertz CT molecular complexity index is 509. The number of rotatable bonds is 40. The molecule has 0 saturated carbocycles. The first kappa shape index (κ1) is 66.6. The van der Waals surface area contributed by atoms with E-state index in [-0.39, 0.29) is 21.7 Å². The van der Waals surface area contributed by atoms with Crippen molar-refractivity contribution >= 4 is 0 Å². The van der Waals surface area contributed by atoms with Gasteiger partial charge in [-0.3, -0.25) is 0 Å². The Hall–Kier alpha value is 0.554. The van der Waals surface area contributed by atoms with Gasteiger partial charge in [0.15, 0.2) is 0 Å². The molecule has 0 aromatic rings. The van der Waals surface area contributed by atoms with E-state index in [4.69, 9.17) is 20.4 Å². The average molecular weight is 849 g/mol. The van der Waals surface area contributed by atoms with Crippen molar-refractivity contribution in [2.75, 3.05) is 26.4 Å². The van der Waals surface area contributed by atoms with Gasteiger partial charge in [-0.1, -0.05) is 261 Å². The van der Waals surface area contributed by atoms with Crippen molar-refractivity contribution < 1.29 is 42.1 Å². The molecule has 57 heavy (non-hydrogen) atoms. The van der Waals surface area contributed by atoms with Crippen LogP contribution in [0, 0.1) is 23.7 Å². The van der Waals surface area contributed by atoms with E-state index in [9.17, 15) is 0 Å². The number of hydrogen-bond acceptors (Lipinski definition) is 4. The molecule has 4 nitrogen and oxygen atoms in total. The van der Waals surface area contributed by atoms with Crippen molar-refractivity contribution in [2.24, 2.45) is 23.7 Å². The molecule has 0 aromatic carbocycles. The maximum Gasteiger partial charge on any atom is 0.0431 e. The molecular formula is C52H112O4Ti. The fraction of sp³-hybridized carbons (Fsp3) is 1.00. The summed E-state index contributed by atoms with van der Waals surface area (Å²) < 4.78 is 0. The third kappa shape index (κ3) is 84.8. The minimum Gasteiger partial charge on any atom is -0.396 e. The minimum atomic E-state index is 0. The van der Waals surface area contributed by atoms with E-state index in [2.05, 4.69) is 55.4 Å². The standard InChI is InChI=1S/4C13H28O.Ti/c4*1-13(2)11-9-7-5-3-4-6-8-10-12-14;/h4*13-14H,3-12H2,1-2H3;. The van der Waals surface area contributed by atoms with E-state index >= 15 is 0 Å². The van der Waals surface area contributed by atoms with Gasteiger partial charge >= 0.3 is 0 Å². The molecule has 0 saturated heterocycles. The third-order valence-corrected chi connectivity index (χ3v) is 10.8. The second-order valence-corrected chi connectivity index (χ2v) is 18.9. The summed E-state index contributed by atoms with van der Waals surface area (Å²) in [6, 6.07) is 0. The second-order valence-electron chi connectivity index (χ2n) is 18.9. The van der Waals surface area contributed by atoms with Gasteiger partial charge in [-0.15, -0.1) is 0 Å². The van der Waals surface area contributed by atoms with Crippen LogP contribution in [0.15, 0.2) is 0 Å². The zero-order chi connectivity index (χ0) is 42.6. The van der Waals surface area contributed by atoms with Gasteiger partial charge in [-0.2, -0.15) is 0 Å². The Kier molecular flexibility index (Phi) is 73.9. The van der Waals surface area contributed by atoms with Crippen molar-refractivity contribution in [3.05, 3.63) is 0 Å². The monoisotopic (exact) mass is 849 g/mol. The molecule has 0 spiro atoms. The van der Waals surface area contributed by atoms with Crippen LogP contribution < -0.4 is 0 Å². The molecule has 0 atom stereocenters. The molecule has 0 aliphatic rings. The first-order chi connectivity index (χ1) is 27.1. The predicted molar refractivity (Wildman–Crippen MR) is 254 cm³/mol. The molecule has 0 radical (unpaired) electrons. The molecular weight excluding hydrogens is 736 g/mol. The van der Waals surface area contributed by atoms with E-state index in [1.807, 2.05) is 0 Å². The van der Waals surface area contributed by atoms with Gasteiger partial charge in [-0.05, 0) is 49.4 Å². The Morgan fingerprint density at radius 2 is 0.298 bits per heavy atom. The van der Waals surface area contributed by atoms with E-state index in [0.717, 1.165) is 49.4 Å². The van der Waals surface area contributed by atoms with Crippen LogP contribution in [0.1, 0.15) is 287 Å². The molecule has 348 valence electrons. The second kappa shape index (κ2) is 63.2. The zero-order valence-corrected chi connectivity index (χ0v) is 42.4. The van der Waals surface area contributed by atoms with Crippen LogP contribution in [-0.4, -0.2) is 46.9 Å². The van der Waals surface area contributed by atoms with Crippen LogP contribution in [0.3, 0.4) is 0 Å². The Labute approximate surface area is 377 Å². The van der Waals surface area contributed by atoms with Gasteiger partial charge in [0, 0.05) is 48.1 Å². The molecule has 0 aliphatic carbocycles. The van der Waals surface area contributed by atoms with Gasteiger partial charge < -0.3 is 20.4 Å². The van der Waals surface area contributed by atoms with Gasteiger partial charge in [0.25, 0.3) is 0 Å². The maximum absolute atomic E-state index is 8.59. The summed E-state index contributed by atoms with van der Waals surface area (Å²) in [5.74, 6) is 3.50. The molecule has 0 rings (SSSR count). The van der Waals surface area contributed by atoms with Crippen LogP contribution >= 0.6 is 0 Å². The van der Waals surface area contributed by atoms with Crippen molar-refractivity contribution in [3.63, 3.8) is 0 Å². The summed E-state index contributed by atoms with van der Waals surface area (Å²) in [4.78, 5) is 0. The summed E-state index contributed by atoms with van der Waals surface area (Å²) in [7, 11) is 0. The number of aliphatic hydroxyl groups excluding tert-OH is 4. The quantitative estimate of drug-likeness (QED) is 0.0366. The number of hydrogen-bond donors (Lipinski definition) is 4. The van der Waals surface area contributed by atoms with E-state index in [1.165, 1.54) is 205 Å². The average Bonchev–Trinajstić information content (AvgIpc) is 3.15. The fourth-order valence-electron chi connectivity index (χ4n) is 6.90. The number of aliphatic hydroxyl groups is 4. The van der Waals surface area contributed by atoms with E-state index in [0.29, 0.717) is 26.4 Å². The van der Waals surface area contributed by atoms with Crippen molar-refractivity contribution in [2.45, 2.75) is 287 Å². The Morgan fingerprint density at radius 1 is 0.193 bits per heavy atom. The summed E-state index contributed by atoms with van der Waals surface area (Å²) in [6.45, 7) is 19.9. The Balaban J connectivity index is -0.000000210. The van der Waals surface area contributed by atoms with Crippen molar-refractivity contribution in [1.82, 2.24) is 0 Å². The summed E-state index contributed by atoms with van der Waals surface area (Å²) in [5.41, 5.74) is 0. The molecule has 0 fully saturated rings.